The molecule has 1 saturated heterocycles. The molecule has 2 heterocycles. The second-order valence-electron chi connectivity index (χ2n) is 7.18. The first-order valence-corrected chi connectivity index (χ1v) is 9.67. The van der Waals surface area contributed by atoms with Gasteiger partial charge in [0.2, 0.25) is 0 Å². The average Bonchev–Trinajstić information content (AvgIpc) is 3.24. The highest BCUT2D eigenvalue weighted by Gasteiger charge is 2.31. The van der Waals surface area contributed by atoms with Gasteiger partial charge in [0.05, 0.1) is 22.9 Å². The molecule has 1 aromatic heterocycles. The van der Waals surface area contributed by atoms with Crippen LogP contribution in [0.1, 0.15) is 21.5 Å². The number of hydrogen-bond acceptors (Lipinski definition) is 4. The number of halogens is 3. The number of nitrogens with zero attached hydrogens (tertiary/aromatic N) is 3. The lowest BCUT2D eigenvalue weighted by Gasteiger charge is -2.37. The first-order valence-electron chi connectivity index (χ1n) is 9.67. The van der Waals surface area contributed by atoms with Crippen molar-refractivity contribution >= 4 is 28.9 Å². The summed E-state index contributed by atoms with van der Waals surface area (Å²) in [4.78, 5) is 34.7. The normalized spacial score (nSPS) is 15.4. The van der Waals surface area contributed by atoms with Crippen molar-refractivity contribution in [3.05, 3.63) is 71.6 Å². The van der Waals surface area contributed by atoms with Crippen LogP contribution in [0.3, 0.4) is 0 Å². The third-order valence-electron chi connectivity index (χ3n) is 5.29. The van der Waals surface area contributed by atoms with E-state index in [4.69, 9.17) is 0 Å². The van der Waals surface area contributed by atoms with Gasteiger partial charge in [0.1, 0.15) is 6.29 Å². The molecule has 0 bridgehead atoms. The van der Waals surface area contributed by atoms with Crippen LogP contribution < -0.4 is 0 Å². The van der Waals surface area contributed by atoms with Crippen LogP contribution in [0.2, 0.25) is 0 Å². The van der Waals surface area contributed by atoms with Gasteiger partial charge in [-0.1, -0.05) is 12.1 Å². The van der Waals surface area contributed by atoms with Crippen LogP contribution in [0.15, 0.2) is 54.9 Å². The molecule has 1 N–H and O–H groups in total. The zero-order valence-electron chi connectivity index (χ0n) is 16.4. The Labute approximate surface area is 176 Å². The molecular weight excluding hydrogens is 409 g/mol. The number of fused-ring (bicyclic) bond motifs is 1. The number of aromatic amines is 1. The maximum absolute atomic E-state index is 13.1. The molecular formula is C22H19F3N4O2. The minimum Gasteiger partial charge on any atom is -0.367 e. The van der Waals surface area contributed by atoms with Crippen molar-refractivity contribution in [2.75, 3.05) is 26.2 Å². The van der Waals surface area contributed by atoms with Crippen molar-refractivity contribution in [1.29, 1.82) is 0 Å². The van der Waals surface area contributed by atoms with Gasteiger partial charge in [0, 0.05) is 43.5 Å². The number of imidazole rings is 1. The van der Waals surface area contributed by atoms with Gasteiger partial charge in [-0.3, -0.25) is 9.59 Å². The molecule has 1 amide bonds. The summed E-state index contributed by atoms with van der Waals surface area (Å²) in [5, 5.41) is 0. The Bertz CT molecular complexity index is 1140. The third-order valence-corrected chi connectivity index (χ3v) is 5.29. The van der Waals surface area contributed by atoms with Crippen molar-refractivity contribution < 1.29 is 22.8 Å². The predicted molar refractivity (Wildman–Crippen MR) is 109 cm³/mol. The molecule has 1 fully saturated rings. The number of carbonyl (C=O) groups is 2. The van der Waals surface area contributed by atoms with Gasteiger partial charge in [-0.2, -0.15) is 13.2 Å². The summed E-state index contributed by atoms with van der Waals surface area (Å²) in [5.74, 6) is -0.129. The number of benzene rings is 2. The molecule has 1 aliphatic heterocycles. The first kappa shape index (κ1) is 20.6. The molecule has 4 rings (SSSR count). The third kappa shape index (κ3) is 4.30. The fourth-order valence-electron chi connectivity index (χ4n) is 3.71. The zero-order valence-corrected chi connectivity index (χ0v) is 16.4. The summed E-state index contributed by atoms with van der Waals surface area (Å²) in [6.45, 7) is 1.56. The van der Waals surface area contributed by atoms with E-state index in [1.54, 1.807) is 35.5 Å². The van der Waals surface area contributed by atoms with Crippen LogP contribution in [0.5, 0.6) is 0 Å². The van der Waals surface area contributed by atoms with E-state index in [2.05, 4.69) is 9.97 Å². The summed E-state index contributed by atoms with van der Waals surface area (Å²) in [6, 6.07) is 10.1. The zero-order chi connectivity index (χ0) is 22.0. The van der Waals surface area contributed by atoms with Crippen molar-refractivity contribution in [3.63, 3.8) is 0 Å². The SMILES string of the molecule is O=CC=C(c1cccc(C(F)(F)F)c1)N1CCN(C(=O)c2ccc3nc[nH]c3c2)CC1. The Morgan fingerprint density at radius 3 is 2.45 bits per heavy atom. The molecule has 0 saturated carbocycles. The van der Waals surface area contributed by atoms with Gasteiger partial charge in [-0.25, -0.2) is 4.98 Å². The summed E-state index contributed by atoms with van der Waals surface area (Å²) < 4.78 is 39.3. The molecule has 0 atom stereocenters. The lowest BCUT2D eigenvalue weighted by Crippen LogP contribution is -2.47. The predicted octanol–water partition coefficient (Wildman–Crippen LogP) is 3.58. The van der Waals surface area contributed by atoms with Crippen LogP contribution in [0.25, 0.3) is 16.7 Å². The van der Waals surface area contributed by atoms with Gasteiger partial charge in [0.25, 0.3) is 5.91 Å². The number of rotatable bonds is 4. The first-order chi connectivity index (χ1) is 14.9. The fourth-order valence-corrected chi connectivity index (χ4v) is 3.71. The summed E-state index contributed by atoms with van der Waals surface area (Å²) in [5.41, 5.74) is 2.02. The van der Waals surface area contributed by atoms with Crippen molar-refractivity contribution in [2.45, 2.75) is 6.18 Å². The lowest BCUT2D eigenvalue weighted by molar-refractivity contribution is -0.137. The Hall–Kier alpha value is -3.62. The fraction of sp³-hybridized carbons (Fsp3) is 0.227. The lowest BCUT2D eigenvalue weighted by atomic mass is 10.1. The summed E-state index contributed by atoms with van der Waals surface area (Å²) in [6.07, 6.45) is -1.08. The quantitative estimate of drug-likeness (QED) is 0.510. The largest absolute Gasteiger partial charge is 0.416 e. The van der Waals surface area contributed by atoms with E-state index in [9.17, 15) is 22.8 Å². The molecule has 0 aliphatic carbocycles. The number of H-pyrrole nitrogens is 1. The van der Waals surface area contributed by atoms with Crippen molar-refractivity contribution in [3.8, 4) is 0 Å². The second kappa shape index (κ2) is 8.25. The Kier molecular flexibility index (Phi) is 5.50. The van der Waals surface area contributed by atoms with E-state index >= 15 is 0 Å². The number of nitrogens with one attached hydrogen (secondary N) is 1. The highest BCUT2D eigenvalue weighted by atomic mass is 19.4. The number of amides is 1. The molecule has 0 spiro atoms. The Balaban J connectivity index is 1.49. The van der Waals surface area contributed by atoms with E-state index < -0.39 is 11.7 Å². The molecule has 1 aliphatic rings. The van der Waals surface area contributed by atoms with Crippen molar-refractivity contribution in [2.24, 2.45) is 0 Å². The number of hydrogen-bond donors (Lipinski definition) is 1. The molecule has 6 nitrogen and oxygen atoms in total. The minimum absolute atomic E-state index is 0.129. The Morgan fingerprint density at radius 2 is 1.74 bits per heavy atom. The molecule has 3 aromatic rings. The molecule has 0 unspecified atom stereocenters. The van der Waals surface area contributed by atoms with Crippen LogP contribution >= 0.6 is 0 Å². The van der Waals surface area contributed by atoms with E-state index in [1.165, 1.54) is 12.1 Å². The van der Waals surface area contributed by atoms with E-state index in [-0.39, 0.29) is 5.91 Å². The molecule has 31 heavy (non-hydrogen) atoms. The van der Waals surface area contributed by atoms with Gasteiger partial charge >= 0.3 is 6.18 Å². The van der Waals surface area contributed by atoms with E-state index in [0.717, 1.165) is 23.2 Å². The second-order valence-corrected chi connectivity index (χ2v) is 7.18. The van der Waals surface area contributed by atoms with E-state index in [1.807, 2.05) is 4.90 Å². The molecule has 0 radical (unpaired) electrons. The maximum Gasteiger partial charge on any atom is 0.416 e. The van der Waals surface area contributed by atoms with E-state index in [0.29, 0.717) is 49.3 Å². The standard InChI is InChI=1S/C22H19F3N4O2/c23-22(24,25)17-3-1-2-15(12-17)20(6-11-30)28-7-9-29(10-8-28)21(31)16-4-5-18-19(13-16)27-14-26-18/h1-6,11-14H,7-10H2,(H,26,27). The number of piperazine rings is 1. The number of aldehydes is 1. The monoisotopic (exact) mass is 428 g/mol. The Morgan fingerprint density at radius 1 is 1.00 bits per heavy atom. The van der Waals surface area contributed by atoms with Gasteiger partial charge in [-0.05, 0) is 35.9 Å². The molecule has 160 valence electrons. The van der Waals surface area contributed by atoms with Gasteiger partial charge in [-0.15, -0.1) is 0 Å². The van der Waals surface area contributed by atoms with Crippen LogP contribution in [0.4, 0.5) is 13.2 Å². The summed E-state index contributed by atoms with van der Waals surface area (Å²) in [7, 11) is 0. The highest BCUT2D eigenvalue weighted by molar-refractivity contribution is 5.97. The van der Waals surface area contributed by atoms with Gasteiger partial charge < -0.3 is 14.8 Å². The molecule has 2 aromatic carbocycles. The van der Waals surface area contributed by atoms with Crippen LogP contribution in [-0.4, -0.2) is 58.1 Å². The maximum atomic E-state index is 13.1. The average molecular weight is 428 g/mol. The highest BCUT2D eigenvalue weighted by Crippen LogP contribution is 2.32. The van der Waals surface area contributed by atoms with Gasteiger partial charge in [0.15, 0.2) is 0 Å². The minimum atomic E-state index is -4.47. The van der Waals surface area contributed by atoms with Crippen LogP contribution in [-0.2, 0) is 11.0 Å². The molecule has 9 heteroatoms. The smallest absolute Gasteiger partial charge is 0.367 e. The topological polar surface area (TPSA) is 69.3 Å². The number of carbonyl (C=O) groups excluding carboxylic acids is 2. The number of allylic oxidation sites excluding steroid dienone is 1. The number of aromatic nitrogens is 2. The summed E-state index contributed by atoms with van der Waals surface area (Å²) >= 11 is 0. The number of alkyl halides is 3. The van der Waals surface area contributed by atoms with Crippen molar-refractivity contribution in [1.82, 2.24) is 19.8 Å². The van der Waals surface area contributed by atoms with Crippen LogP contribution in [0, 0.1) is 0 Å².